The first-order valence-electron chi connectivity index (χ1n) is 7.67. The Morgan fingerprint density at radius 1 is 0.905 bits per heavy atom. The molecule has 0 bridgehead atoms. The van der Waals surface area contributed by atoms with E-state index >= 15 is 0 Å². The number of rotatable bonds is 2. The van der Waals surface area contributed by atoms with Crippen LogP contribution in [0.25, 0.3) is 10.1 Å². The van der Waals surface area contributed by atoms with Gasteiger partial charge in [-0.15, -0.1) is 11.3 Å². The maximum absolute atomic E-state index is 6.52. The van der Waals surface area contributed by atoms with Crippen molar-refractivity contribution < 1.29 is 0 Å². The Balaban J connectivity index is 1.71. The highest BCUT2D eigenvalue weighted by atomic mass is 32.1. The van der Waals surface area contributed by atoms with Crippen LogP contribution in [0.4, 0.5) is 0 Å². The van der Waals surface area contributed by atoms with Crippen molar-refractivity contribution >= 4 is 21.4 Å². The van der Waals surface area contributed by atoms with Gasteiger partial charge >= 0.3 is 0 Å². The first-order valence-corrected chi connectivity index (χ1v) is 8.49. The predicted octanol–water partition coefficient (Wildman–Crippen LogP) is 4.83. The lowest BCUT2D eigenvalue weighted by Gasteiger charge is -2.18. The van der Waals surface area contributed by atoms with Crippen LogP contribution in [-0.4, -0.2) is 0 Å². The van der Waals surface area contributed by atoms with Gasteiger partial charge in [-0.25, -0.2) is 0 Å². The number of hydrogen-bond acceptors (Lipinski definition) is 2. The Kier molecular flexibility index (Phi) is 3.28. The summed E-state index contributed by atoms with van der Waals surface area (Å²) in [5.41, 5.74) is 10.8. The van der Waals surface area contributed by atoms with E-state index in [4.69, 9.17) is 5.73 Å². The molecule has 2 heteroatoms. The molecule has 1 aliphatic carbocycles. The Bertz CT molecular complexity index is 754. The van der Waals surface area contributed by atoms with Crippen molar-refractivity contribution in [2.75, 3.05) is 0 Å². The van der Waals surface area contributed by atoms with Gasteiger partial charge in [0.1, 0.15) is 0 Å². The predicted molar refractivity (Wildman–Crippen MR) is 90.9 cm³/mol. The van der Waals surface area contributed by atoms with Crippen LogP contribution in [0.2, 0.25) is 0 Å². The van der Waals surface area contributed by atoms with E-state index in [9.17, 15) is 0 Å². The molecule has 1 aliphatic rings. The Morgan fingerprint density at radius 2 is 1.71 bits per heavy atom. The largest absolute Gasteiger partial charge is 0.320 e. The van der Waals surface area contributed by atoms with Crippen molar-refractivity contribution in [3.05, 3.63) is 70.1 Å². The minimum atomic E-state index is -0.00498. The summed E-state index contributed by atoms with van der Waals surface area (Å²) in [7, 11) is 0. The van der Waals surface area contributed by atoms with Crippen molar-refractivity contribution in [2.45, 2.75) is 31.7 Å². The van der Waals surface area contributed by atoms with Crippen LogP contribution in [0.15, 0.2) is 48.5 Å². The van der Waals surface area contributed by atoms with Crippen molar-refractivity contribution in [3.8, 4) is 0 Å². The Labute approximate surface area is 129 Å². The monoisotopic (exact) mass is 293 g/mol. The average molecular weight is 293 g/mol. The van der Waals surface area contributed by atoms with E-state index in [-0.39, 0.29) is 6.04 Å². The minimum absolute atomic E-state index is 0.00498. The van der Waals surface area contributed by atoms with Gasteiger partial charge in [-0.05, 0) is 59.9 Å². The topological polar surface area (TPSA) is 26.0 Å². The molecule has 0 amide bonds. The van der Waals surface area contributed by atoms with Gasteiger partial charge in [0.25, 0.3) is 0 Å². The fraction of sp³-hybridized carbons (Fsp3) is 0.263. The van der Waals surface area contributed by atoms with Gasteiger partial charge in [-0.1, -0.05) is 36.4 Å². The summed E-state index contributed by atoms with van der Waals surface area (Å²) < 4.78 is 1.32. The van der Waals surface area contributed by atoms with Crippen LogP contribution in [-0.2, 0) is 12.8 Å². The quantitative estimate of drug-likeness (QED) is 0.719. The molecule has 3 aromatic rings. The summed E-state index contributed by atoms with van der Waals surface area (Å²) in [5, 5.41) is 1.30. The van der Waals surface area contributed by atoms with Gasteiger partial charge in [0, 0.05) is 9.58 Å². The van der Waals surface area contributed by atoms with Gasteiger partial charge in [0.15, 0.2) is 0 Å². The third kappa shape index (κ3) is 2.39. The molecule has 0 saturated heterocycles. The van der Waals surface area contributed by atoms with E-state index in [0.29, 0.717) is 0 Å². The molecule has 2 aromatic carbocycles. The van der Waals surface area contributed by atoms with Gasteiger partial charge in [-0.2, -0.15) is 0 Å². The molecule has 1 unspecified atom stereocenters. The highest BCUT2D eigenvalue weighted by Gasteiger charge is 2.15. The molecule has 1 heterocycles. The summed E-state index contributed by atoms with van der Waals surface area (Å²) >= 11 is 1.81. The maximum Gasteiger partial charge on any atom is 0.0646 e. The molecule has 0 fully saturated rings. The number of hydrogen-bond donors (Lipinski definition) is 1. The fourth-order valence-corrected chi connectivity index (χ4v) is 4.36. The minimum Gasteiger partial charge on any atom is -0.320 e. The molecule has 1 aromatic heterocycles. The molecule has 0 aliphatic heterocycles. The zero-order valence-corrected chi connectivity index (χ0v) is 12.8. The van der Waals surface area contributed by atoms with Crippen molar-refractivity contribution in [1.82, 2.24) is 0 Å². The first-order chi connectivity index (χ1) is 10.3. The van der Waals surface area contributed by atoms with Gasteiger partial charge in [0.05, 0.1) is 6.04 Å². The molecule has 1 atom stereocenters. The number of thiophene rings is 1. The number of fused-ring (bicyclic) bond motifs is 2. The highest BCUT2D eigenvalue weighted by Crippen LogP contribution is 2.33. The summed E-state index contributed by atoms with van der Waals surface area (Å²) in [6.07, 6.45) is 5.08. The molecule has 2 N–H and O–H groups in total. The van der Waals surface area contributed by atoms with E-state index in [1.165, 1.54) is 57.3 Å². The number of aryl methyl sites for hydroxylation is 2. The standard InChI is InChI=1S/C19H19NS/c20-19(18-12-15-7-3-4-8-17(15)21-18)16-10-9-13-5-1-2-6-14(13)11-16/h3-4,7-12,19H,1-2,5-6,20H2. The van der Waals surface area contributed by atoms with Crippen molar-refractivity contribution in [1.29, 1.82) is 0 Å². The van der Waals surface area contributed by atoms with Crippen molar-refractivity contribution in [3.63, 3.8) is 0 Å². The molecule has 0 radical (unpaired) electrons. The first kappa shape index (κ1) is 13.1. The van der Waals surface area contributed by atoms with E-state index in [0.717, 1.165) is 0 Å². The SMILES string of the molecule is NC(c1ccc2c(c1)CCCC2)c1cc2ccccc2s1. The van der Waals surface area contributed by atoms with Crippen LogP contribution in [0.5, 0.6) is 0 Å². The Morgan fingerprint density at radius 3 is 2.57 bits per heavy atom. The molecular formula is C19H19NS. The third-order valence-electron chi connectivity index (χ3n) is 4.48. The molecule has 0 saturated carbocycles. The second-order valence-electron chi connectivity index (χ2n) is 5.90. The molecular weight excluding hydrogens is 274 g/mol. The van der Waals surface area contributed by atoms with Crippen LogP contribution in [0, 0.1) is 0 Å². The summed E-state index contributed by atoms with van der Waals surface area (Å²) in [5.74, 6) is 0. The van der Waals surface area contributed by atoms with E-state index in [1.807, 2.05) is 11.3 Å². The van der Waals surface area contributed by atoms with Crippen LogP contribution in [0.1, 0.15) is 40.5 Å². The van der Waals surface area contributed by atoms with Crippen LogP contribution < -0.4 is 5.73 Å². The second kappa shape index (κ2) is 5.28. The summed E-state index contributed by atoms with van der Waals surface area (Å²) in [4.78, 5) is 1.26. The Hall–Kier alpha value is -1.64. The third-order valence-corrected chi connectivity index (χ3v) is 5.68. The zero-order valence-electron chi connectivity index (χ0n) is 12.0. The molecule has 21 heavy (non-hydrogen) atoms. The van der Waals surface area contributed by atoms with Gasteiger partial charge < -0.3 is 5.73 Å². The molecule has 0 spiro atoms. The van der Waals surface area contributed by atoms with Crippen LogP contribution in [0.3, 0.4) is 0 Å². The summed E-state index contributed by atoms with van der Waals surface area (Å²) in [6.45, 7) is 0. The van der Waals surface area contributed by atoms with Gasteiger partial charge in [-0.3, -0.25) is 0 Å². The lowest BCUT2D eigenvalue weighted by Crippen LogP contribution is -2.12. The molecule has 4 rings (SSSR count). The zero-order chi connectivity index (χ0) is 14.2. The smallest absolute Gasteiger partial charge is 0.0646 e. The van der Waals surface area contributed by atoms with E-state index < -0.39 is 0 Å². The number of nitrogens with two attached hydrogens (primary N) is 1. The second-order valence-corrected chi connectivity index (χ2v) is 7.01. The van der Waals surface area contributed by atoms with E-state index in [2.05, 4.69) is 48.5 Å². The van der Waals surface area contributed by atoms with E-state index in [1.54, 1.807) is 0 Å². The lowest BCUT2D eigenvalue weighted by molar-refractivity contribution is 0.683. The fourth-order valence-electron chi connectivity index (χ4n) is 3.27. The average Bonchev–Trinajstić information content (AvgIpc) is 2.97. The molecule has 1 nitrogen and oxygen atoms in total. The molecule has 106 valence electrons. The van der Waals surface area contributed by atoms with Crippen LogP contribution >= 0.6 is 11.3 Å². The van der Waals surface area contributed by atoms with Crippen molar-refractivity contribution in [2.24, 2.45) is 5.73 Å². The lowest BCUT2D eigenvalue weighted by atomic mass is 9.89. The van der Waals surface area contributed by atoms with Gasteiger partial charge in [0.2, 0.25) is 0 Å². The number of benzene rings is 2. The normalized spacial score (nSPS) is 15.9. The summed E-state index contributed by atoms with van der Waals surface area (Å²) in [6, 6.07) is 17.6. The highest BCUT2D eigenvalue weighted by molar-refractivity contribution is 7.19. The maximum atomic E-state index is 6.52.